The van der Waals surface area contributed by atoms with E-state index >= 15 is 0 Å². The fraction of sp³-hybridized carbons (Fsp3) is 0.429. The van der Waals surface area contributed by atoms with E-state index in [0.717, 1.165) is 11.8 Å². The Bertz CT molecular complexity index is 808. The van der Waals surface area contributed by atoms with Gasteiger partial charge in [0.1, 0.15) is 0 Å². The number of thioether (sulfide) groups is 1. The zero-order valence-electron chi connectivity index (χ0n) is 12.2. The lowest BCUT2D eigenvalue weighted by atomic mass is 10.1. The van der Waals surface area contributed by atoms with Crippen molar-refractivity contribution in [3.8, 4) is 0 Å². The molecular weight excluding hydrogens is 346 g/mol. The first kappa shape index (κ1) is 15.8. The molecule has 1 N–H and O–H groups in total. The maximum Gasteiger partial charge on any atom is 0.287 e. The van der Waals surface area contributed by atoms with Crippen LogP contribution in [0, 0.1) is 11.6 Å². The molecule has 0 aliphatic carbocycles. The van der Waals surface area contributed by atoms with Gasteiger partial charge >= 0.3 is 0 Å². The third kappa shape index (κ3) is 2.37. The number of hydrogen-bond donors (Lipinski definition) is 1. The second kappa shape index (κ2) is 5.96. The van der Waals surface area contributed by atoms with Crippen LogP contribution in [0.15, 0.2) is 10.6 Å². The lowest BCUT2D eigenvalue weighted by Crippen LogP contribution is -2.25. The summed E-state index contributed by atoms with van der Waals surface area (Å²) in [6.07, 6.45) is -1.01. The summed E-state index contributed by atoms with van der Waals surface area (Å²) in [6.45, 7) is 0.576. The van der Waals surface area contributed by atoms with E-state index in [1.807, 2.05) is 0 Å². The van der Waals surface area contributed by atoms with Crippen molar-refractivity contribution in [2.45, 2.75) is 11.5 Å². The Morgan fingerprint density at radius 1 is 1.33 bits per heavy atom. The van der Waals surface area contributed by atoms with E-state index < -0.39 is 17.9 Å². The topological polar surface area (TPSA) is 85.0 Å². The molecule has 1 amide bonds. The lowest BCUT2D eigenvalue weighted by molar-refractivity contribution is -0.0467. The quantitative estimate of drug-likeness (QED) is 0.900. The van der Waals surface area contributed by atoms with E-state index in [1.54, 1.807) is 0 Å². The Balaban J connectivity index is 1.82. The van der Waals surface area contributed by atoms with Crippen molar-refractivity contribution in [3.63, 3.8) is 0 Å². The van der Waals surface area contributed by atoms with Crippen molar-refractivity contribution < 1.29 is 32.7 Å². The van der Waals surface area contributed by atoms with E-state index in [0.29, 0.717) is 0 Å². The molecule has 0 unspecified atom stereocenters. The SMILES string of the molecule is O=C1S[C@@H](CO)CN1c1noc2c(F)c(F)c(C3OCCO3)cc12. The van der Waals surface area contributed by atoms with Gasteiger partial charge in [0.15, 0.2) is 17.9 Å². The maximum atomic E-state index is 14.3. The molecular formula is C14H12F2N2O5S. The average molecular weight is 358 g/mol. The van der Waals surface area contributed by atoms with Gasteiger partial charge in [-0.15, -0.1) is 0 Å². The van der Waals surface area contributed by atoms with Gasteiger partial charge in [-0.1, -0.05) is 16.9 Å². The van der Waals surface area contributed by atoms with Gasteiger partial charge in [-0.2, -0.15) is 4.39 Å². The summed E-state index contributed by atoms with van der Waals surface area (Å²) in [5.74, 6) is -2.26. The normalized spacial score (nSPS) is 22.2. The van der Waals surface area contributed by atoms with Crippen molar-refractivity contribution in [1.29, 1.82) is 0 Å². The van der Waals surface area contributed by atoms with Crippen LogP contribution in [0.25, 0.3) is 11.0 Å². The van der Waals surface area contributed by atoms with Crippen LogP contribution in [-0.4, -0.2) is 47.1 Å². The number of nitrogens with zero attached hydrogens (tertiary/aromatic N) is 2. The Hall–Kier alpha value is -1.75. The molecule has 3 heterocycles. The second-order valence-corrected chi connectivity index (χ2v) is 6.60. The van der Waals surface area contributed by atoms with Crippen LogP contribution in [0.2, 0.25) is 0 Å². The van der Waals surface area contributed by atoms with Gasteiger partial charge in [-0.25, -0.2) is 4.39 Å². The molecule has 0 saturated carbocycles. The number of anilines is 1. The highest BCUT2D eigenvalue weighted by atomic mass is 32.2. The summed E-state index contributed by atoms with van der Waals surface area (Å²) in [6, 6.07) is 1.32. The Labute approximate surface area is 138 Å². The van der Waals surface area contributed by atoms with E-state index in [2.05, 4.69) is 5.16 Å². The highest BCUT2D eigenvalue weighted by molar-refractivity contribution is 8.14. The number of carbonyl (C=O) groups is 1. The molecule has 0 spiro atoms. The van der Waals surface area contributed by atoms with Gasteiger partial charge in [-0.05, 0) is 6.07 Å². The van der Waals surface area contributed by atoms with E-state index in [1.165, 1.54) is 11.0 Å². The van der Waals surface area contributed by atoms with Crippen LogP contribution in [0.4, 0.5) is 19.4 Å². The van der Waals surface area contributed by atoms with Crippen molar-refractivity contribution in [1.82, 2.24) is 5.16 Å². The summed E-state index contributed by atoms with van der Waals surface area (Å²) in [7, 11) is 0. The van der Waals surface area contributed by atoms with Gasteiger partial charge in [0.05, 0.1) is 30.5 Å². The zero-order valence-corrected chi connectivity index (χ0v) is 13.0. The molecule has 1 aromatic heterocycles. The molecule has 2 saturated heterocycles. The number of aliphatic hydroxyl groups excluding tert-OH is 1. The minimum absolute atomic E-state index is 0.0802. The van der Waals surface area contributed by atoms with E-state index in [-0.39, 0.29) is 59.2 Å². The van der Waals surface area contributed by atoms with Crippen molar-refractivity contribution in [2.24, 2.45) is 0 Å². The Morgan fingerprint density at radius 2 is 2.08 bits per heavy atom. The number of carbonyl (C=O) groups excluding carboxylic acids is 1. The van der Waals surface area contributed by atoms with Crippen LogP contribution >= 0.6 is 11.8 Å². The molecule has 24 heavy (non-hydrogen) atoms. The Kier molecular flexibility index (Phi) is 3.91. The molecule has 2 aliphatic rings. The van der Waals surface area contributed by atoms with E-state index in [4.69, 9.17) is 14.0 Å². The molecule has 4 rings (SSSR count). The highest BCUT2D eigenvalue weighted by Crippen LogP contribution is 2.38. The monoisotopic (exact) mass is 358 g/mol. The van der Waals surface area contributed by atoms with Gasteiger partial charge < -0.3 is 19.1 Å². The second-order valence-electron chi connectivity index (χ2n) is 5.35. The highest BCUT2D eigenvalue weighted by Gasteiger charge is 2.36. The zero-order chi connectivity index (χ0) is 16.8. The third-order valence-corrected chi connectivity index (χ3v) is 4.92. The van der Waals surface area contributed by atoms with Crippen molar-refractivity contribution in [2.75, 3.05) is 31.3 Å². The van der Waals surface area contributed by atoms with Crippen LogP contribution < -0.4 is 4.90 Å². The summed E-state index contributed by atoms with van der Waals surface area (Å²) < 4.78 is 43.8. The number of amides is 1. The number of ether oxygens (including phenoxy) is 2. The van der Waals surface area contributed by atoms with Crippen LogP contribution in [0.3, 0.4) is 0 Å². The summed E-state index contributed by atoms with van der Waals surface area (Å²) in [5.41, 5.74) is -0.491. The number of rotatable bonds is 3. The summed E-state index contributed by atoms with van der Waals surface area (Å²) in [4.78, 5) is 13.3. The van der Waals surface area contributed by atoms with Gasteiger partial charge in [0.2, 0.25) is 11.4 Å². The van der Waals surface area contributed by atoms with Crippen molar-refractivity contribution >= 4 is 33.8 Å². The van der Waals surface area contributed by atoms with Crippen LogP contribution in [0.5, 0.6) is 0 Å². The molecule has 10 heteroatoms. The first-order valence-corrected chi connectivity index (χ1v) is 8.07. The summed E-state index contributed by atoms with van der Waals surface area (Å²) in [5, 5.41) is 12.4. The number of halogens is 2. The molecule has 2 aliphatic heterocycles. The minimum atomic E-state index is -1.21. The first-order chi connectivity index (χ1) is 11.6. The molecule has 2 fully saturated rings. The minimum Gasteiger partial charge on any atom is -0.395 e. The van der Waals surface area contributed by atoms with Crippen LogP contribution in [0.1, 0.15) is 11.9 Å². The number of hydrogen-bond acceptors (Lipinski definition) is 7. The van der Waals surface area contributed by atoms with Crippen molar-refractivity contribution in [3.05, 3.63) is 23.3 Å². The third-order valence-electron chi connectivity index (χ3n) is 3.86. The standard InChI is InChI=1S/C14H12F2N2O5S/c15-9-7(13-21-1-2-22-13)3-8-11(10(9)16)23-17-12(8)18-4-6(5-19)24-14(18)20/h3,6,13,19H,1-2,4-5H2/t6-/m1/s1. The molecule has 7 nitrogen and oxygen atoms in total. The maximum absolute atomic E-state index is 14.3. The van der Waals surface area contributed by atoms with Gasteiger partial charge in [-0.3, -0.25) is 9.69 Å². The first-order valence-electron chi connectivity index (χ1n) is 7.19. The molecule has 1 atom stereocenters. The smallest absolute Gasteiger partial charge is 0.287 e. The van der Waals surface area contributed by atoms with Gasteiger partial charge in [0, 0.05) is 12.1 Å². The fourth-order valence-electron chi connectivity index (χ4n) is 2.72. The Morgan fingerprint density at radius 3 is 2.75 bits per heavy atom. The number of fused-ring (bicyclic) bond motifs is 1. The predicted molar refractivity (Wildman–Crippen MR) is 79.8 cm³/mol. The van der Waals surface area contributed by atoms with Crippen LogP contribution in [-0.2, 0) is 9.47 Å². The predicted octanol–water partition coefficient (Wildman–Crippen LogP) is 2.19. The molecule has 0 radical (unpaired) electrons. The molecule has 2 aromatic rings. The number of aliphatic hydroxyl groups is 1. The van der Waals surface area contributed by atoms with Gasteiger partial charge in [0.25, 0.3) is 5.24 Å². The fourth-order valence-corrected chi connectivity index (χ4v) is 3.59. The molecule has 128 valence electrons. The van der Waals surface area contributed by atoms with E-state index in [9.17, 15) is 18.7 Å². The summed E-state index contributed by atoms with van der Waals surface area (Å²) >= 11 is 0.955. The molecule has 0 bridgehead atoms. The number of aromatic nitrogens is 1. The molecule has 1 aromatic carbocycles. The number of benzene rings is 1. The average Bonchev–Trinajstić information content (AvgIpc) is 3.29. The largest absolute Gasteiger partial charge is 0.395 e. The lowest BCUT2D eigenvalue weighted by Gasteiger charge is -2.13.